The van der Waals surface area contributed by atoms with Crippen molar-refractivity contribution < 1.29 is 13.5 Å². The number of fused-ring (bicyclic) bond motifs is 2. The molecule has 41 heavy (non-hydrogen) atoms. The third-order valence-electron chi connectivity index (χ3n) is 8.16. The van der Waals surface area contributed by atoms with Crippen LogP contribution < -0.4 is 11.0 Å². The predicted octanol–water partition coefficient (Wildman–Crippen LogP) is 4.62. The number of aromatic nitrogens is 6. The van der Waals surface area contributed by atoms with Gasteiger partial charge < -0.3 is 10.1 Å². The molecule has 1 aliphatic heterocycles. The fraction of sp³-hybridized carbons (Fsp3) is 0.367. The second-order valence-corrected chi connectivity index (χ2v) is 11.2. The first-order chi connectivity index (χ1) is 19.8. The van der Waals surface area contributed by atoms with Crippen LogP contribution in [0.1, 0.15) is 54.2 Å². The van der Waals surface area contributed by atoms with Crippen LogP contribution in [0.25, 0.3) is 28.1 Å². The molecule has 0 unspecified atom stereocenters. The number of nitrogens with zero attached hydrogens (tertiary/aromatic N) is 6. The molecule has 4 heterocycles. The maximum absolute atomic E-state index is 15.8. The Balaban J connectivity index is 1.43. The van der Waals surface area contributed by atoms with Crippen molar-refractivity contribution in [1.82, 2.24) is 34.0 Å². The van der Waals surface area contributed by atoms with E-state index in [9.17, 15) is 9.18 Å². The van der Waals surface area contributed by atoms with Crippen LogP contribution in [-0.2, 0) is 11.2 Å². The van der Waals surface area contributed by atoms with Crippen LogP contribution in [0.15, 0.2) is 47.7 Å². The first-order valence-electron chi connectivity index (χ1n) is 13.9. The Morgan fingerprint density at radius 2 is 1.80 bits per heavy atom. The zero-order valence-corrected chi connectivity index (χ0v) is 23.4. The van der Waals surface area contributed by atoms with Gasteiger partial charge in [0.2, 0.25) is 0 Å². The molecule has 7 rings (SSSR count). The van der Waals surface area contributed by atoms with Gasteiger partial charge in [0, 0.05) is 37.5 Å². The van der Waals surface area contributed by atoms with Gasteiger partial charge in [-0.25, -0.2) is 18.3 Å². The Kier molecular flexibility index (Phi) is 5.98. The third-order valence-corrected chi connectivity index (χ3v) is 8.16. The number of aryl methyl sites for hydroxylation is 2. The molecule has 2 aromatic carbocycles. The van der Waals surface area contributed by atoms with Crippen molar-refractivity contribution in [2.24, 2.45) is 0 Å². The minimum absolute atomic E-state index is 0.134. The highest BCUT2D eigenvalue weighted by Gasteiger charge is 2.34. The number of imidazole rings is 1. The molecule has 0 bridgehead atoms. The van der Waals surface area contributed by atoms with E-state index in [1.165, 1.54) is 15.3 Å². The summed E-state index contributed by atoms with van der Waals surface area (Å²) in [5.41, 5.74) is 3.65. The number of methoxy groups -OCH3 is 1. The molecule has 5 aromatic rings. The van der Waals surface area contributed by atoms with Gasteiger partial charge in [-0.05, 0) is 69.0 Å². The molecule has 1 N–H and O–H groups in total. The van der Waals surface area contributed by atoms with Gasteiger partial charge in [0.25, 0.3) is 0 Å². The van der Waals surface area contributed by atoms with Gasteiger partial charge in [-0.2, -0.15) is 10.2 Å². The zero-order chi connectivity index (χ0) is 28.6. The Labute approximate surface area is 235 Å². The highest BCUT2D eigenvalue weighted by Crippen LogP contribution is 2.38. The number of hydrogen-bond acceptors (Lipinski definition) is 5. The molecule has 2 atom stereocenters. The normalized spacial score (nSPS) is 18.8. The lowest BCUT2D eigenvalue weighted by Crippen LogP contribution is -2.40. The molecule has 0 amide bonds. The van der Waals surface area contributed by atoms with E-state index in [4.69, 9.17) is 9.84 Å². The number of rotatable bonds is 6. The van der Waals surface area contributed by atoms with E-state index >= 15 is 4.39 Å². The monoisotopic (exact) mass is 559 g/mol. The number of nitrogens with one attached hydrogen (secondary N) is 1. The van der Waals surface area contributed by atoms with E-state index in [2.05, 4.69) is 17.3 Å². The average molecular weight is 560 g/mol. The predicted molar refractivity (Wildman–Crippen MR) is 150 cm³/mol. The van der Waals surface area contributed by atoms with Gasteiger partial charge in [-0.15, -0.1) is 0 Å². The molecule has 1 fully saturated rings. The van der Waals surface area contributed by atoms with Crippen LogP contribution in [0.2, 0.25) is 0 Å². The Bertz CT molecular complexity index is 1850. The van der Waals surface area contributed by atoms with Gasteiger partial charge >= 0.3 is 5.69 Å². The van der Waals surface area contributed by atoms with Crippen LogP contribution in [0, 0.1) is 25.5 Å². The molecule has 1 saturated carbocycles. The lowest BCUT2D eigenvalue weighted by Gasteiger charge is -2.28. The quantitative estimate of drug-likeness (QED) is 0.329. The Morgan fingerprint density at radius 1 is 1.07 bits per heavy atom. The minimum atomic E-state index is -0.498. The van der Waals surface area contributed by atoms with Crippen molar-refractivity contribution in [2.45, 2.75) is 58.2 Å². The fourth-order valence-corrected chi connectivity index (χ4v) is 6.10. The highest BCUT2D eigenvalue weighted by molar-refractivity contribution is 5.82. The van der Waals surface area contributed by atoms with E-state index in [1.54, 1.807) is 56.2 Å². The van der Waals surface area contributed by atoms with E-state index in [1.807, 2.05) is 10.7 Å². The summed E-state index contributed by atoms with van der Waals surface area (Å²) in [6, 6.07) is 7.09. The van der Waals surface area contributed by atoms with E-state index < -0.39 is 11.5 Å². The van der Waals surface area contributed by atoms with Crippen LogP contribution in [0.3, 0.4) is 0 Å². The molecule has 0 saturated heterocycles. The van der Waals surface area contributed by atoms with E-state index in [0.29, 0.717) is 47.1 Å². The molecular weight excluding hydrogens is 528 g/mol. The van der Waals surface area contributed by atoms with Gasteiger partial charge in [0.15, 0.2) is 5.82 Å². The number of hydrogen-bond donors (Lipinski definition) is 1. The summed E-state index contributed by atoms with van der Waals surface area (Å²) in [7, 11) is 1.63. The Morgan fingerprint density at radius 3 is 2.51 bits per heavy atom. The topological polar surface area (TPSA) is 83.8 Å². The summed E-state index contributed by atoms with van der Waals surface area (Å²) < 4.78 is 42.3. The molecule has 0 radical (unpaired) electrons. The fourth-order valence-electron chi connectivity index (χ4n) is 6.10. The molecule has 9 nitrogen and oxygen atoms in total. The maximum Gasteiger partial charge on any atom is 0.338 e. The number of benzene rings is 2. The minimum Gasteiger partial charge on any atom is -0.383 e. The highest BCUT2D eigenvalue weighted by atomic mass is 19.1. The van der Waals surface area contributed by atoms with Crippen molar-refractivity contribution >= 4 is 10.9 Å². The van der Waals surface area contributed by atoms with Crippen molar-refractivity contribution in [3.05, 3.63) is 87.4 Å². The summed E-state index contributed by atoms with van der Waals surface area (Å²) in [5.74, 6) is -0.264. The van der Waals surface area contributed by atoms with Gasteiger partial charge in [-0.1, -0.05) is 0 Å². The molecule has 212 valence electrons. The summed E-state index contributed by atoms with van der Waals surface area (Å²) in [4.78, 5) is 14.1. The standard InChI is InChI=1S/C30H31F2N7O2/c1-16-11-20(12-17(2)27(16)31)39-29(26-22(35-39)13-18(3)34-23(26)15-41-4)37-10-9-36(30(37)40)25-8-7-24-21(28(25)32)14-33-38(24)19-5-6-19/h7-12,14,18-19,23,34H,5-6,13,15H2,1-4H3/t18-,23+/m1/s1. The first kappa shape index (κ1) is 25.8. The summed E-state index contributed by atoms with van der Waals surface area (Å²) in [6.07, 6.45) is 7.42. The van der Waals surface area contributed by atoms with Crippen LogP contribution in [0.5, 0.6) is 0 Å². The SMILES string of the molecule is COC[C@@H]1N[C@H](C)Cc2nn(-c3cc(C)c(F)c(C)c3)c(-n3ccn(-c4ccc5c(cnn5C5CC5)c4F)c3=O)c21. The second kappa shape index (κ2) is 9.49. The number of halogens is 2. The van der Waals surface area contributed by atoms with E-state index in [0.717, 1.165) is 29.6 Å². The summed E-state index contributed by atoms with van der Waals surface area (Å²) >= 11 is 0. The lowest BCUT2D eigenvalue weighted by atomic mass is 9.96. The van der Waals surface area contributed by atoms with Crippen molar-refractivity contribution in [3.8, 4) is 17.2 Å². The average Bonchev–Trinajstić information content (AvgIpc) is 3.40. The van der Waals surface area contributed by atoms with Crippen molar-refractivity contribution in [2.75, 3.05) is 13.7 Å². The van der Waals surface area contributed by atoms with Crippen LogP contribution in [0.4, 0.5) is 8.78 Å². The molecule has 11 heteroatoms. The molecule has 0 spiro atoms. The summed E-state index contributed by atoms with van der Waals surface area (Å²) in [5, 5.41) is 13.3. The lowest BCUT2D eigenvalue weighted by molar-refractivity contribution is 0.157. The van der Waals surface area contributed by atoms with Crippen LogP contribution in [-0.4, -0.2) is 48.5 Å². The summed E-state index contributed by atoms with van der Waals surface area (Å²) in [6.45, 7) is 5.85. The van der Waals surface area contributed by atoms with Crippen molar-refractivity contribution in [1.29, 1.82) is 0 Å². The van der Waals surface area contributed by atoms with Gasteiger partial charge in [0.1, 0.15) is 11.6 Å². The Hall–Kier alpha value is -4.09. The number of ether oxygens (including phenoxy) is 1. The van der Waals surface area contributed by atoms with E-state index in [-0.39, 0.29) is 23.6 Å². The first-order valence-corrected chi connectivity index (χ1v) is 13.9. The largest absolute Gasteiger partial charge is 0.383 e. The molecule has 2 aliphatic rings. The third kappa shape index (κ3) is 4.06. The smallest absolute Gasteiger partial charge is 0.338 e. The van der Waals surface area contributed by atoms with Gasteiger partial charge in [0.05, 0.1) is 52.9 Å². The van der Waals surface area contributed by atoms with Gasteiger partial charge in [-0.3, -0.25) is 13.8 Å². The molecule has 1 aliphatic carbocycles. The second-order valence-electron chi connectivity index (χ2n) is 11.2. The zero-order valence-electron chi connectivity index (χ0n) is 23.4. The maximum atomic E-state index is 15.8. The molecular formula is C30H31F2N7O2. The molecule has 3 aromatic heterocycles. The van der Waals surface area contributed by atoms with Crippen molar-refractivity contribution in [3.63, 3.8) is 0 Å². The van der Waals surface area contributed by atoms with Crippen LogP contribution >= 0.6 is 0 Å².